The molecule has 0 fully saturated rings. The van der Waals surface area contributed by atoms with Gasteiger partial charge in [0.05, 0.1) is 13.2 Å². The van der Waals surface area contributed by atoms with Gasteiger partial charge < -0.3 is 4.74 Å². The third-order valence-electron chi connectivity index (χ3n) is 1.55. The van der Waals surface area contributed by atoms with Crippen molar-refractivity contribution in [1.29, 1.82) is 0 Å². The number of hydrogen-bond acceptors (Lipinski definition) is 1. The average Bonchev–Trinajstić information content (AvgIpc) is 2.19. The van der Waals surface area contributed by atoms with E-state index in [0.717, 1.165) is 0 Å². The minimum absolute atomic E-state index is 0.555. The molecular formula is C11H13ClO. The van der Waals surface area contributed by atoms with Crippen molar-refractivity contribution in [2.45, 2.75) is 0 Å². The van der Waals surface area contributed by atoms with E-state index in [-0.39, 0.29) is 0 Å². The van der Waals surface area contributed by atoms with Crippen LogP contribution in [0.15, 0.2) is 36.4 Å². The van der Waals surface area contributed by atoms with E-state index in [1.807, 2.05) is 30.4 Å². The fourth-order valence-corrected chi connectivity index (χ4v) is 1.06. The van der Waals surface area contributed by atoms with Gasteiger partial charge in [0, 0.05) is 5.88 Å². The summed E-state index contributed by atoms with van der Waals surface area (Å²) in [6.07, 6.45) is 4.02. The molecule has 1 rings (SSSR count). The number of rotatable bonds is 5. The molecule has 0 aromatic heterocycles. The summed E-state index contributed by atoms with van der Waals surface area (Å²) >= 11 is 5.45. The third-order valence-corrected chi connectivity index (χ3v) is 1.70. The summed E-state index contributed by atoms with van der Waals surface area (Å²) in [6, 6.07) is 10.1. The predicted molar refractivity (Wildman–Crippen MR) is 57.0 cm³/mol. The quantitative estimate of drug-likeness (QED) is 0.520. The Morgan fingerprint density at radius 2 is 2.00 bits per heavy atom. The first-order chi connectivity index (χ1) is 6.43. The van der Waals surface area contributed by atoms with Crippen LogP contribution in [0.1, 0.15) is 5.56 Å². The van der Waals surface area contributed by atoms with Crippen molar-refractivity contribution < 1.29 is 4.74 Å². The highest BCUT2D eigenvalue weighted by atomic mass is 35.5. The maximum atomic E-state index is 5.45. The van der Waals surface area contributed by atoms with Crippen LogP contribution in [0, 0.1) is 0 Å². The lowest BCUT2D eigenvalue weighted by molar-refractivity contribution is 0.180. The molecule has 0 amide bonds. The first kappa shape index (κ1) is 10.3. The second-order valence-electron chi connectivity index (χ2n) is 2.58. The highest BCUT2D eigenvalue weighted by Gasteiger charge is 1.83. The lowest BCUT2D eigenvalue weighted by atomic mass is 10.2. The fourth-order valence-electron chi connectivity index (χ4n) is 0.954. The molecule has 0 N–H and O–H groups in total. The van der Waals surface area contributed by atoms with Crippen molar-refractivity contribution in [2.75, 3.05) is 19.1 Å². The van der Waals surface area contributed by atoms with Gasteiger partial charge in [-0.3, -0.25) is 0 Å². The molecule has 70 valence electrons. The molecule has 0 radical (unpaired) electrons. The molecule has 1 nitrogen and oxygen atoms in total. The summed E-state index contributed by atoms with van der Waals surface area (Å²) in [5, 5.41) is 0. The van der Waals surface area contributed by atoms with Crippen LogP contribution in [0.5, 0.6) is 0 Å². The molecule has 0 aliphatic carbocycles. The van der Waals surface area contributed by atoms with Gasteiger partial charge in [0.2, 0.25) is 0 Å². The highest BCUT2D eigenvalue weighted by molar-refractivity contribution is 6.17. The second-order valence-corrected chi connectivity index (χ2v) is 2.95. The average molecular weight is 197 g/mol. The molecule has 0 aliphatic rings. The van der Waals surface area contributed by atoms with Crippen LogP contribution < -0.4 is 0 Å². The van der Waals surface area contributed by atoms with Gasteiger partial charge in [0.15, 0.2) is 0 Å². The van der Waals surface area contributed by atoms with Crippen molar-refractivity contribution >= 4 is 17.7 Å². The van der Waals surface area contributed by atoms with Crippen LogP contribution in [0.4, 0.5) is 0 Å². The zero-order chi connectivity index (χ0) is 9.36. The summed E-state index contributed by atoms with van der Waals surface area (Å²) in [5.41, 5.74) is 1.19. The summed E-state index contributed by atoms with van der Waals surface area (Å²) < 4.78 is 5.19. The Morgan fingerprint density at radius 3 is 2.69 bits per heavy atom. The van der Waals surface area contributed by atoms with E-state index < -0.39 is 0 Å². The van der Waals surface area contributed by atoms with E-state index in [2.05, 4.69) is 12.1 Å². The number of alkyl halides is 1. The van der Waals surface area contributed by atoms with Gasteiger partial charge in [-0.05, 0) is 5.56 Å². The Labute approximate surface area is 84.0 Å². The summed E-state index contributed by atoms with van der Waals surface area (Å²) in [7, 11) is 0. The molecule has 0 aliphatic heterocycles. The van der Waals surface area contributed by atoms with Crippen LogP contribution in [0.3, 0.4) is 0 Å². The molecule has 2 heteroatoms. The van der Waals surface area contributed by atoms with E-state index in [1.165, 1.54) is 5.56 Å². The minimum Gasteiger partial charge on any atom is -0.376 e. The standard InChI is InChI=1S/C11H13ClO/c12-8-10-13-9-4-7-11-5-2-1-3-6-11/h1-7H,8-10H2/b7-4+. The maximum Gasteiger partial charge on any atom is 0.0651 e. The molecule has 13 heavy (non-hydrogen) atoms. The Hall–Kier alpha value is -0.790. The monoisotopic (exact) mass is 196 g/mol. The molecule has 0 heterocycles. The van der Waals surface area contributed by atoms with Crippen LogP contribution >= 0.6 is 11.6 Å². The van der Waals surface area contributed by atoms with Gasteiger partial charge in [-0.25, -0.2) is 0 Å². The van der Waals surface area contributed by atoms with Crippen LogP contribution in [-0.4, -0.2) is 19.1 Å². The van der Waals surface area contributed by atoms with Gasteiger partial charge in [0.25, 0.3) is 0 Å². The smallest absolute Gasteiger partial charge is 0.0651 e. The zero-order valence-electron chi connectivity index (χ0n) is 7.45. The van der Waals surface area contributed by atoms with Crippen LogP contribution in [0.2, 0.25) is 0 Å². The van der Waals surface area contributed by atoms with Gasteiger partial charge in [-0.1, -0.05) is 42.5 Å². The van der Waals surface area contributed by atoms with Gasteiger partial charge >= 0.3 is 0 Å². The fraction of sp³-hybridized carbons (Fsp3) is 0.273. The molecule has 0 spiro atoms. The zero-order valence-corrected chi connectivity index (χ0v) is 8.20. The van der Waals surface area contributed by atoms with Gasteiger partial charge in [-0.15, -0.1) is 11.6 Å². The number of hydrogen-bond donors (Lipinski definition) is 0. The Kier molecular flexibility index (Phi) is 5.30. The number of benzene rings is 1. The molecule has 0 unspecified atom stereocenters. The van der Waals surface area contributed by atoms with Gasteiger partial charge in [-0.2, -0.15) is 0 Å². The Bertz CT molecular complexity index is 244. The van der Waals surface area contributed by atoms with Crippen molar-refractivity contribution in [1.82, 2.24) is 0 Å². The highest BCUT2D eigenvalue weighted by Crippen LogP contribution is 2.00. The lowest BCUT2D eigenvalue weighted by Crippen LogP contribution is -1.94. The molecule has 1 aromatic rings. The minimum atomic E-state index is 0.555. The predicted octanol–water partition coefficient (Wildman–Crippen LogP) is 2.96. The summed E-state index contributed by atoms with van der Waals surface area (Å²) in [5.74, 6) is 0.555. The maximum absolute atomic E-state index is 5.45. The molecule has 0 saturated carbocycles. The molecule has 0 atom stereocenters. The van der Waals surface area contributed by atoms with Crippen molar-refractivity contribution in [2.24, 2.45) is 0 Å². The second kappa shape index (κ2) is 6.70. The van der Waals surface area contributed by atoms with Crippen molar-refractivity contribution in [3.05, 3.63) is 42.0 Å². The number of ether oxygens (including phenoxy) is 1. The van der Waals surface area contributed by atoms with Crippen molar-refractivity contribution in [3.63, 3.8) is 0 Å². The van der Waals surface area contributed by atoms with E-state index in [9.17, 15) is 0 Å². The van der Waals surface area contributed by atoms with E-state index in [4.69, 9.17) is 16.3 Å². The van der Waals surface area contributed by atoms with Gasteiger partial charge in [0.1, 0.15) is 0 Å². The van der Waals surface area contributed by atoms with E-state index in [0.29, 0.717) is 19.1 Å². The third kappa shape index (κ3) is 4.71. The topological polar surface area (TPSA) is 9.23 Å². The normalized spacial score (nSPS) is 10.8. The van der Waals surface area contributed by atoms with Crippen LogP contribution in [0.25, 0.3) is 6.08 Å². The van der Waals surface area contributed by atoms with E-state index in [1.54, 1.807) is 0 Å². The molecule has 0 bridgehead atoms. The van der Waals surface area contributed by atoms with Crippen LogP contribution in [-0.2, 0) is 4.74 Å². The summed E-state index contributed by atoms with van der Waals surface area (Å²) in [6.45, 7) is 1.24. The SMILES string of the molecule is ClCCOC/C=C/c1ccccc1. The van der Waals surface area contributed by atoms with Crippen molar-refractivity contribution in [3.8, 4) is 0 Å². The Balaban J connectivity index is 2.25. The first-order valence-corrected chi connectivity index (χ1v) is 4.82. The van der Waals surface area contributed by atoms with E-state index >= 15 is 0 Å². The molecule has 1 aromatic carbocycles. The molecular weight excluding hydrogens is 184 g/mol. The lowest BCUT2D eigenvalue weighted by Gasteiger charge is -1.95. The number of halogens is 1. The summed E-state index contributed by atoms with van der Waals surface area (Å²) in [4.78, 5) is 0. The largest absolute Gasteiger partial charge is 0.376 e. The Morgan fingerprint density at radius 1 is 1.23 bits per heavy atom. The first-order valence-electron chi connectivity index (χ1n) is 4.29. The molecule has 0 saturated heterocycles.